The van der Waals surface area contributed by atoms with E-state index in [0.29, 0.717) is 18.8 Å². The van der Waals surface area contributed by atoms with E-state index >= 15 is 0 Å². The summed E-state index contributed by atoms with van der Waals surface area (Å²) >= 11 is 7.63. The van der Waals surface area contributed by atoms with E-state index in [2.05, 4.69) is 20.6 Å². The number of nitrogens with one attached hydrogen (secondary N) is 2. The Morgan fingerprint density at radius 1 is 1.40 bits per heavy atom. The maximum atomic E-state index is 12.1. The summed E-state index contributed by atoms with van der Waals surface area (Å²) < 4.78 is 11.5. The fourth-order valence-electron chi connectivity index (χ4n) is 2.86. The van der Waals surface area contributed by atoms with Gasteiger partial charge >= 0.3 is 6.09 Å². The smallest absolute Gasteiger partial charge is 0.407 e. The van der Waals surface area contributed by atoms with Crippen LogP contribution in [0.2, 0.25) is 5.28 Å². The van der Waals surface area contributed by atoms with Gasteiger partial charge in [-0.2, -0.15) is 4.98 Å². The highest BCUT2D eigenvalue weighted by Crippen LogP contribution is 2.35. The fraction of sp³-hybridized carbons (Fsp3) is 0.450. The fourth-order valence-corrected chi connectivity index (χ4v) is 4.32. The average molecular weight is 453 g/mol. The molecule has 0 unspecified atom stereocenters. The maximum absolute atomic E-state index is 12.1. The minimum Gasteiger partial charge on any atom is -0.467 e. The summed E-state index contributed by atoms with van der Waals surface area (Å²) in [6.45, 7) is 7.54. The number of hydrogen-bond acceptors (Lipinski definition) is 8. The average Bonchev–Trinajstić information content (AvgIpc) is 3.27. The first-order chi connectivity index (χ1) is 14.2. The lowest BCUT2D eigenvalue weighted by atomic mass is 10.1. The second-order valence-electron chi connectivity index (χ2n) is 7.83. The molecular formula is C20H25ClN4O4S. The predicted molar refractivity (Wildman–Crippen MR) is 117 cm³/mol. The first kappa shape index (κ1) is 22.3. The second kappa shape index (κ2) is 9.20. The molecule has 3 rings (SSSR count). The molecule has 0 aliphatic heterocycles. The SMILES string of the molecule is Cc1c(C[C@H](CO)NC(=O)OC(C)(C)C)sc2c(NCc3ccco3)nc(Cl)nc12. The molecule has 0 saturated heterocycles. The van der Waals surface area contributed by atoms with Gasteiger partial charge in [-0.3, -0.25) is 0 Å². The first-order valence-electron chi connectivity index (χ1n) is 9.48. The maximum Gasteiger partial charge on any atom is 0.407 e. The number of fused-ring (bicyclic) bond motifs is 1. The van der Waals surface area contributed by atoms with Gasteiger partial charge in [0.2, 0.25) is 5.28 Å². The van der Waals surface area contributed by atoms with Crippen molar-refractivity contribution >= 4 is 45.1 Å². The molecule has 30 heavy (non-hydrogen) atoms. The Morgan fingerprint density at radius 2 is 2.17 bits per heavy atom. The summed E-state index contributed by atoms with van der Waals surface area (Å²) in [6, 6.07) is 3.20. The van der Waals surface area contributed by atoms with Crippen LogP contribution in [0, 0.1) is 6.92 Å². The van der Waals surface area contributed by atoms with Crippen molar-refractivity contribution in [2.24, 2.45) is 0 Å². The normalized spacial score (nSPS) is 12.7. The molecule has 0 aliphatic rings. The molecule has 0 spiro atoms. The molecular weight excluding hydrogens is 428 g/mol. The molecule has 3 heterocycles. The molecule has 8 nitrogen and oxygen atoms in total. The van der Waals surface area contributed by atoms with Crippen LogP contribution in [0.15, 0.2) is 22.8 Å². The van der Waals surface area contributed by atoms with Gasteiger partial charge in [0.05, 0.1) is 35.7 Å². The summed E-state index contributed by atoms with van der Waals surface area (Å²) in [5.41, 5.74) is 1.06. The van der Waals surface area contributed by atoms with Crippen molar-refractivity contribution in [2.75, 3.05) is 11.9 Å². The van der Waals surface area contributed by atoms with Gasteiger partial charge in [-0.25, -0.2) is 9.78 Å². The molecule has 10 heteroatoms. The lowest BCUT2D eigenvalue weighted by Crippen LogP contribution is -2.42. The largest absolute Gasteiger partial charge is 0.467 e. The number of aromatic nitrogens is 2. The van der Waals surface area contributed by atoms with Crippen molar-refractivity contribution in [3.05, 3.63) is 39.9 Å². The zero-order chi connectivity index (χ0) is 21.9. The quantitative estimate of drug-likeness (QED) is 0.459. The van der Waals surface area contributed by atoms with Crippen LogP contribution in [0.25, 0.3) is 10.2 Å². The summed E-state index contributed by atoms with van der Waals surface area (Å²) in [7, 11) is 0. The number of hydrogen-bond donors (Lipinski definition) is 3. The number of carbonyl (C=O) groups is 1. The number of alkyl carbamates (subject to hydrolysis) is 1. The Labute approximate surface area is 183 Å². The summed E-state index contributed by atoms with van der Waals surface area (Å²) in [5, 5.41) is 15.8. The van der Waals surface area contributed by atoms with Crippen molar-refractivity contribution in [3.63, 3.8) is 0 Å². The number of nitrogens with zero attached hydrogens (tertiary/aromatic N) is 2. The number of amides is 1. The van der Waals surface area contributed by atoms with Crippen molar-refractivity contribution in [1.29, 1.82) is 0 Å². The van der Waals surface area contributed by atoms with Crippen molar-refractivity contribution in [3.8, 4) is 0 Å². The van der Waals surface area contributed by atoms with E-state index in [-0.39, 0.29) is 11.9 Å². The van der Waals surface area contributed by atoms with E-state index in [0.717, 1.165) is 26.4 Å². The Bertz CT molecular complexity index is 1010. The summed E-state index contributed by atoms with van der Waals surface area (Å²) in [6.07, 6.45) is 1.47. The Kier molecular flexibility index (Phi) is 6.84. The number of aliphatic hydroxyl groups excluding tert-OH is 1. The Morgan fingerprint density at radius 3 is 2.80 bits per heavy atom. The monoisotopic (exact) mass is 452 g/mol. The van der Waals surface area contributed by atoms with Crippen LogP contribution in [0.1, 0.15) is 37.0 Å². The van der Waals surface area contributed by atoms with Gasteiger partial charge < -0.3 is 24.9 Å². The molecule has 0 radical (unpaired) electrons. The van der Waals surface area contributed by atoms with Gasteiger partial charge in [0.15, 0.2) is 0 Å². The molecule has 0 saturated carbocycles. The number of carbonyl (C=O) groups excluding carboxylic acids is 1. The van der Waals surface area contributed by atoms with E-state index < -0.39 is 17.7 Å². The van der Waals surface area contributed by atoms with Gasteiger partial charge in [-0.05, 0) is 57.0 Å². The van der Waals surface area contributed by atoms with Crippen LogP contribution in [-0.4, -0.2) is 39.4 Å². The van der Waals surface area contributed by atoms with E-state index in [1.807, 2.05) is 19.1 Å². The topological polar surface area (TPSA) is 110 Å². The lowest BCUT2D eigenvalue weighted by molar-refractivity contribution is 0.0483. The highest BCUT2D eigenvalue weighted by atomic mass is 35.5. The predicted octanol–water partition coefficient (Wildman–Crippen LogP) is 4.29. The first-order valence-corrected chi connectivity index (χ1v) is 10.7. The van der Waals surface area contributed by atoms with Gasteiger partial charge in [0.1, 0.15) is 17.2 Å². The van der Waals surface area contributed by atoms with Crippen LogP contribution in [-0.2, 0) is 17.7 Å². The summed E-state index contributed by atoms with van der Waals surface area (Å²) in [5.74, 6) is 1.38. The van der Waals surface area contributed by atoms with Crippen molar-refractivity contribution in [2.45, 2.75) is 52.3 Å². The van der Waals surface area contributed by atoms with Crippen LogP contribution < -0.4 is 10.6 Å². The molecule has 3 aromatic rings. The Balaban J connectivity index is 1.81. The number of rotatable bonds is 7. The standard InChI is InChI=1S/C20H25ClN4O4S/c1-11-14(8-12(10-26)23-19(27)29-20(2,3)4)30-16-15(11)24-18(21)25-17(16)22-9-13-6-5-7-28-13/h5-7,12,26H,8-10H2,1-4H3,(H,23,27)(H,22,24,25)/t12-/m1/s1. The minimum atomic E-state index is -0.613. The highest BCUT2D eigenvalue weighted by molar-refractivity contribution is 7.19. The zero-order valence-electron chi connectivity index (χ0n) is 17.3. The number of halogens is 1. The molecule has 0 fully saturated rings. The third-order valence-corrected chi connectivity index (χ3v) is 5.70. The van der Waals surface area contributed by atoms with Crippen LogP contribution >= 0.6 is 22.9 Å². The second-order valence-corrected chi connectivity index (χ2v) is 9.28. The van der Waals surface area contributed by atoms with Crippen LogP contribution in [0.4, 0.5) is 10.6 Å². The zero-order valence-corrected chi connectivity index (χ0v) is 18.9. The molecule has 3 aromatic heterocycles. The number of anilines is 1. The van der Waals surface area contributed by atoms with Crippen molar-refractivity contribution in [1.82, 2.24) is 15.3 Å². The lowest BCUT2D eigenvalue weighted by Gasteiger charge is -2.22. The van der Waals surface area contributed by atoms with Crippen molar-refractivity contribution < 1.29 is 19.1 Å². The van der Waals surface area contributed by atoms with Gasteiger partial charge in [0.25, 0.3) is 0 Å². The van der Waals surface area contributed by atoms with E-state index in [1.54, 1.807) is 27.0 Å². The molecule has 1 amide bonds. The summed E-state index contributed by atoms with van der Waals surface area (Å²) in [4.78, 5) is 21.7. The van der Waals surface area contributed by atoms with E-state index in [1.165, 1.54) is 11.3 Å². The third-order valence-electron chi connectivity index (χ3n) is 4.22. The molecule has 162 valence electrons. The molecule has 3 N–H and O–H groups in total. The number of furan rings is 1. The van der Waals surface area contributed by atoms with Gasteiger partial charge in [0, 0.05) is 11.3 Å². The third kappa shape index (κ3) is 5.62. The number of ether oxygens (including phenoxy) is 1. The minimum absolute atomic E-state index is 0.141. The van der Waals surface area contributed by atoms with Gasteiger partial charge in [-0.1, -0.05) is 0 Å². The number of thiophene rings is 1. The van der Waals surface area contributed by atoms with Crippen LogP contribution in [0.5, 0.6) is 0 Å². The van der Waals surface area contributed by atoms with E-state index in [9.17, 15) is 9.90 Å². The number of aryl methyl sites for hydroxylation is 1. The van der Waals surface area contributed by atoms with E-state index in [4.69, 9.17) is 20.8 Å². The molecule has 0 bridgehead atoms. The molecule has 0 aliphatic carbocycles. The molecule has 0 aromatic carbocycles. The Hall–Kier alpha value is -2.36. The molecule has 1 atom stereocenters. The highest BCUT2D eigenvalue weighted by Gasteiger charge is 2.22. The van der Waals surface area contributed by atoms with Crippen LogP contribution in [0.3, 0.4) is 0 Å². The van der Waals surface area contributed by atoms with Gasteiger partial charge in [-0.15, -0.1) is 11.3 Å². The number of aliphatic hydroxyl groups is 1.